The molecule has 0 fully saturated rings. The monoisotopic (exact) mass is 291 g/mol. The van der Waals surface area contributed by atoms with Crippen molar-refractivity contribution in [2.45, 2.75) is 19.4 Å². The van der Waals surface area contributed by atoms with Crippen LogP contribution in [-0.2, 0) is 11.2 Å². The average Bonchev–Trinajstić information content (AvgIpc) is 2.88. The molecule has 0 spiro atoms. The molecule has 20 heavy (non-hydrogen) atoms. The standard InChI is InChI=1S/C14H17N3O2S/c1-9(15)14-16-10(8-20-14)7-13(18)17-11-5-3-4-6-12(11)19-2/h3-6,8-9H,7,15H2,1-2H3,(H,17,18). The molecule has 0 bridgehead atoms. The number of ether oxygens (including phenoxy) is 1. The number of amides is 1. The number of hydrogen-bond donors (Lipinski definition) is 2. The first kappa shape index (κ1) is 14.5. The van der Waals surface area contributed by atoms with Gasteiger partial charge in [-0.05, 0) is 19.1 Å². The van der Waals surface area contributed by atoms with Gasteiger partial charge in [-0.2, -0.15) is 0 Å². The number of nitrogens with one attached hydrogen (secondary N) is 1. The molecule has 106 valence electrons. The second-order valence-corrected chi connectivity index (χ2v) is 5.28. The van der Waals surface area contributed by atoms with Crippen LogP contribution < -0.4 is 15.8 Å². The van der Waals surface area contributed by atoms with Crippen LogP contribution >= 0.6 is 11.3 Å². The van der Waals surface area contributed by atoms with Crippen LogP contribution in [0.1, 0.15) is 23.7 Å². The molecule has 2 aromatic rings. The number of carbonyl (C=O) groups is 1. The molecule has 1 heterocycles. The predicted molar refractivity (Wildman–Crippen MR) is 80.0 cm³/mol. The van der Waals surface area contributed by atoms with Gasteiger partial charge in [0.15, 0.2) is 0 Å². The van der Waals surface area contributed by atoms with Gasteiger partial charge >= 0.3 is 0 Å². The molecule has 0 radical (unpaired) electrons. The van der Waals surface area contributed by atoms with E-state index in [0.29, 0.717) is 11.4 Å². The Balaban J connectivity index is 2.01. The first-order valence-corrected chi connectivity index (χ1v) is 7.11. The predicted octanol–water partition coefficient (Wildman–Crippen LogP) is 2.35. The van der Waals surface area contributed by atoms with Crippen LogP contribution in [0.2, 0.25) is 0 Å². The lowest BCUT2D eigenvalue weighted by Gasteiger charge is -2.09. The van der Waals surface area contributed by atoms with Crippen LogP contribution in [0.15, 0.2) is 29.6 Å². The molecule has 0 aliphatic carbocycles. The lowest BCUT2D eigenvalue weighted by Crippen LogP contribution is -2.15. The van der Waals surface area contributed by atoms with E-state index in [1.807, 2.05) is 24.4 Å². The molecule has 2 rings (SSSR count). The van der Waals surface area contributed by atoms with Gasteiger partial charge in [-0.25, -0.2) is 4.98 Å². The Morgan fingerprint density at radius 3 is 2.90 bits per heavy atom. The minimum atomic E-state index is -0.129. The molecular formula is C14H17N3O2S. The normalized spacial score (nSPS) is 11.9. The summed E-state index contributed by atoms with van der Waals surface area (Å²) in [5.41, 5.74) is 7.14. The van der Waals surface area contributed by atoms with E-state index in [9.17, 15) is 4.79 Å². The van der Waals surface area contributed by atoms with E-state index in [1.54, 1.807) is 19.2 Å². The zero-order chi connectivity index (χ0) is 14.5. The largest absolute Gasteiger partial charge is 0.495 e. The van der Waals surface area contributed by atoms with Gasteiger partial charge in [-0.1, -0.05) is 12.1 Å². The summed E-state index contributed by atoms with van der Waals surface area (Å²) in [6.45, 7) is 1.87. The van der Waals surface area contributed by atoms with Crippen LogP contribution in [0.4, 0.5) is 5.69 Å². The number of thiazole rings is 1. The van der Waals surface area contributed by atoms with Gasteiger partial charge in [0.05, 0.1) is 31.0 Å². The Labute approximate surface area is 121 Å². The first-order chi connectivity index (χ1) is 9.60. The Morgan fingerprint density at radius 1 is 1.50 bits per heavy atom. The maximum atomic E-state index is 12.0. The number of benzene rings is 1. The van der Waals surface area contributed by atoms with Gasteiger partial charge < -0.3 is 15.8 Å². The van der Waals surface area contributed by atoms with Crippen LogP contribution in [-0.4, -0.2) is 18.0 Å². The molecule has 6 heteroatoms. The molecular weight excluding hydrogens is 274 g/mol. The number of methoxy groups -OCH3 is 1. The summed E-state index contributed by atoms with van der Waals surface area (Å²) in [7, 11) is 1.57. The molecule has 0 aliphatic heterocycles. The maximum Gasteiger partial charge on any atom is 0.230 e. The summed E-state index contributed by atoms with van der Waals surface area (Å²) in [6.07, 6.45) is 0.223. The van der Waals surface area contributed by atoms with E-state index < -0.39 is 0 Å². The van der Waals surface area contributed by atoms with E-state index in [1.165, 1.54) is 11.3 Å². The summed E-state index contributed by atoms with van der Waals surface area (Å²) >= 11 is 1.47. The molecule has 0 saturated carbocycles. The van der Waals surface area contributed by atoms with Gasteiger partial charge in [0.1, 0.15) is 10.8 Å². The molecule has 1 aromatic carbocycles. The fourth-order valence-corrected chi connectivity index (χ4v) is 2.50. The second-order valence-electron chi connectivity index (χ2n) is 4.39. The Morgan fingerprint density at radius 2 is 2.25 bits per heavy atom. The van der Waals surface area contributed by atoms with Crippen molar-refractivity contribution in [3.05, 3.63) is 40.3 Å². The van der Waals surface area contributed by atoms with E-state index in [2.05, 4.69) is 10.3 Å². The zero-order valence-corrected chi connectivity index (χ0v) is 12.2. The third kappa shape index (κ3) is 3.55. The first-order valence-electron chi connectivity index (χ1n) is 6.23. The SMILES string of the molecule is COc1ccccc1NC(=O)Cc1csc(C(C)N)n1. The topological polar surface area (TPSA) is 77.2 Å². The summed E-state index contributed by atoms with van der Waals surface area (Å²) in [5.74, 6) is 0.506. The van der Waals surface area contributed by atoms with Gasteiger partial charge in [0, 0.05) is 5.38 Å². The summed E-state index contributed by atoms with van der Waals surface area (Å²) in [4.78, 5) is 16.3. The van der Waals surface area contributed by atoms with Gasteiger partial charge in [0.25, 0.3) is 0 Å². The van der Waals surface area contributed by atoms with E-state index in [0.717, 1.165) is 10.7 Å². The minimum Gasteiger partial charge on any atom is -0.495 e. The second kappa shape index (κ2) is 6.49. The lowest BCUT2D eigenvalue weighted by atomic mass is 10.2. The summed E-state index contributed by atoms with van der Waals surface area (Å²) in [6, 6.07) is 7.18. The minimum absolute atomic E-state index is 0.106. The van der Waals surface area contributed by atoms with Crippen LogP contribution in [0.5, 0.6) is 5.75 Å². The van der Waals surface area contributed by atoms with Crippen molar-refractivity contribution in [2.24, 2.45) is 5.73 Å². The number of rotatable bonds is 5. The molecule has 5 nitrogen and oxygen atoms in total. The quantitative estimate of drug-likeness (QED) is 0.886. The van der Waals surface area contributed by atoms with E-state index in [-0.39, 0.29) is 18.4 Å². The molecule has 1 aromatic heterocycles. The lowest BCUT2D eigenvalue weighted by molar-refractivity contribution is -0.115. The Bertz CT molecular complexity index is 596. The van der Waals surface area contributed by atoms with Crippen molar-refractivity contribution in [1.29, 1.82) is 0 Å². The van der Waals surface area contributed by atoms with E-state index in [4.69, 9.17) is 10.5 Å². The molecule has 1 atom stereocenters. The highest BCUT2D eigenvalue weighted by molar-refractivity contribution is 7.09. The van der Waals surface area contributed by atoms with Gasteiger partial charge in [-0.15, -0.1) is 11.3 Å². The van der Waals surface area contributed by atoms with E-state index >= 15 is 0 Å². The Hall–Kier alpha value is -1.92. The molecule has 3 N–H and O–H groups in total. The highest BCUT2D eigenvalue weighted by Gasteiger charge is 2.11. The van der Waals surface area contributed by atoms with Crippen molar-refractivity contribution in [1.82, 2.24) is 4.98 Å². The Kier molecular flexibility index (Phi) is 4.70. The molecule has 0 aliphatic rings. The number of para-hydroxylation sites is 2. The zero-order valence-electron chi connectivity index (χ0n) is 11.4. The fraction of sp³-hybridized carbons (Fsp3) is 0.286. The van der Waals surface area contributed by atoms with Crippen molar-refractivity contribution in [2.75, 3.05) is 12.4 Å². The molecule has 1 amide bonds. The number of carbonyl (C=O) groups excluding carboxylic acids is 1. The fourth-order valence-electron chi connectivity index (χ4n) is 1.72. The molecule has 0 saturated heterocycles. The van der Waals surface area contributed by atoms with Crippen LogP contribution in [0.3, 0.4) is 0 Å². The van der Waals surface area contributed by atoms with Crippen LogP contribution in [0, 0.1) is 0 Å². The number of anilines is 1. The van der Waals surface area contributed by atoms with Crippen LogP contribution in [0.25, 0.3) is 0 Å². The maximum absolute atomic E-state index is 12.0. The van der Waals surface area contributed by atoms with Gasteiger partial charge in [-0.3, -0.25) is 4.79 Å². The number of nitrogens with zero attached hydrogens (tertiary/aromatic N) is 1. The van der Waals surface area contributed by atoms with Crippen molar-refractivity contribution in [3.63, 3.8) is 0 Å². The number of nitrogens with two attached hydrogens (primary N) is 1. The third-order valence-electron chi connectivity index (χ3n) is 2.68. The highest BCUT2D eigenvalue weighted by Crippen LogP contribution is 2.23. The van der Waals surface area contributed by atoms with Gasteiger partial charge in [0.2, 0.25) is 5.91 Å². The average molecular weight is 291 g/mol. The number of aromatic nitrogens is 1. The number of hydrogen-bond acceptors (Lipinski definition) is 5. The third-order valence-corrected chi connectivity index (χ3v) is 3.78. The summed E-state index contributed by atoms with van der Waals surface area (Å²) < 4.78 is 5.19. The van der Waals surface area contributed by atoms with Crippen molar-refractivity contribution < 1.29 is 9.53 Å². The smallest absolute Gasteiger partial charge is 0.230 e. The summed E-state index contributed by atoms with van der Waals surface area (Å²) in [5, 5.41) is 5.52. The molecule has 1 unspecified atom stereocenters. The van der Waals surface area contributed by atoms with Crippen molar-refractivity contribution >= 4 is 22.9 Å². The van der Waals surface area contributed by atoms with Crippen molar-refractivity contribution in [3.8, 4) is 5.75 Å². The highest BCUT2D eigenvalue weighted by atomic mass is 32.1.